The van der Waals surface area contributed by atoms with Crippen molar-refractivity contribution < 1.29 is 0 Å². The summed E-state index contributed by atoms with van der Waals surface area (Å²) in [4.78, 5) is 0. The maximum absolute atomic E-state index is 5.29. The molecule has 1 fully saturated rings. The van der Waals surface area contributed by atoms with Gasteiger partial charge < -0.3 is 5.73 Å². The van der Waals surface area contributed by atoms with Crippen molar-refractivity contribution in [1.29, 1.82) is 0 Å². The van der Waals surface area contributed by atoms with Crippen molar-refractivity contribution in [2.24, 2.45) is 5.73 Å². The zero-order valence-corrected chi connectivity index (χ0v) is 10.9. The van der Waals surface area contributed by atoms with Crippen LogP contribution in [0.3, 0.4) is 0 Å². The quantitative estimate of drug-likeness (QED) is 0.741. The van der Waals surface area contributed by atoms with E-state index in [0.29, 0.717) is 6.04 Å². The first kappa shape index (κ1) is 14.5. The monoisotopic (exact) mass is 225 g/mol. The Labute approximate surface area is 98.5 Å². The SMILES string of the molecule is C1CS1.CCC(C)N.Cc1ccccc1. The lowest BCUT2D eigenvalue weighted by Crippen LogP contribution is -2.11. The summed E-state index contributed by atoms with van der Waals surface area (Å²) in [7, 11) is 0. The van der Waals surface area contributed by atoms with Gasteiger partial charge in [-0.1, -0.05) is 42.8 Å². The van der Waals surface area contributed by atoms with Crippen LogP contribution >= 0.6 is 11.8 Å². The number of benzene rings is 1. The van der Waals surface area contributed by atoms with Gasteiger partial charge in [0, 0.05) is 17.5 Å². The number of rotatable bonds is 1. The van der Waals surface area contributed by atoms with Crippen LogP contribution in [-0.4, -0.2) is 17.5 Å². The average Bonchev–Trinajstić information content (AvgIpc) is 3.06. The van der Waals surface area contributed by atoms with Crippen molar-refractivity contribution in [1.82, 2.24) is 0 Å². The van der Waals surface area contributed by atoms with Gasteiger partial charge in [-0.25, -0.2) is 0 Å². The molecular formula is C13H23NS. The minimum Gasteiger partial charge on any atom is -0.328 e. The standard InChI is InChI=1S/C7H8.C4H11N.C2H4S/c1-7-5-3-2-4-6-7;1-3-4(2)5;1-2-3-1/h2-6H,1H3;4H,3,5H2,1-2H3;1-2H2. The van der Waals surface area contributed by atoms with Gasteiger partial charge in [-0.05, 0) is 20.3 Å². The number of aryl methyl sites for hydroxylation is 1. The van der Waals surface area contributed by atoms with Crippen molar-refractivity contribution in [2.75, 3.05) is 11.5 Å². The lowest BCUT2D eigenvalue weighted by molar-refractivity contribution is 0.715. The molecule has 0 spiro atoms. The normalized spacial score (nSPS) is 13.9. The Bertz CT molecular complexity index is 216. The van der Waals surface area contributed by atoms with E-state index in [-0.39, 0.29) is 0 Å². The zero-order chi connectivity index (χ0) is 11.5. The van der Waals surface area contributed by atoms with Crippen LogP contribution in [0.2, 0.25) is 0 Å². The number of hydrogen-bond acceptors (Lipinski definition) is 2. The number of thioether (sulfide) groups is 1. The second-order valence-electron chi connectivity index (χ2n) is 3.65. The molecule has 1 aromatic carbocycles. The van der Waals surface area contributed by atoms with Crippen LogP contribution in [-0.2, 0) is 0 Å². The highest BCUT2D eigenvalue weighted by atomic mass is 32.2. The van der Waals surface area contributed by atoms with Crippen molar-refractivity contribution >= 4 is 11.8 Å². The molecule has 2 heteroatoms. The Morgan fingerprint density at radius 3 is 1.80 bits per heavy atom. The molecule has 0 bridgehead atoms. The van der Waals surface area contributed by atoms with E-state index in [0.717, 1.165) is 6.42 Å². The van der Waals surface area contributed by atoms with Gasteiger partial charge in [-0.15, -0.1) is 0 Å². The van der Waals surface area contributed by atoms with Crippen LogP contribution in [0.15, 0.2) is 30.3 Å². The Kier molecular flexibility index (Phi) is 9.75. The summed E-state index contributed by atoms with van der Waals surface area (Å²) >= 11 is 2.00. The van der Waals surface area contributed by atoms with Gasteiger partial charge in [-0.2, -0.15) is 11.8 Å². The fourth-order valence-electron chi connectivity index (χ4n) is 0.534. The van der Waals surface area contributed by atoms with Gasteiger partial charge in [0.05, 0.1) is 0 Å². The third kappa shape index (κ3) is 16.2. The lowest BCUT2D eigenvalue weighted by atomic mass is 10.2. The van der Waals surface area contributed by atoms with E-state index in [4.69, 9.17) is 5.73 Å². The van der Waals surface area contributed by atoms with Gasteiger partial charge >= 0.3 is 0 Å². The summed E-state index contributed by atoms with van der Waals surface area (Å²) in [5.74, 6) is 2.83. The van der Waals surface area contributed by atoms with Crippen LogP contribution < -0.4 is 5.73 Å². The molecule has 0 amide bonds. The molecule has 0 radical (unpaired) electrons. The Balaban J connectivity index is 0.000000213. The Hall–Kier alpha value is -0.470. The van der Waals surface area contributed by atoms with Crippen molar-refractivity contribution in [2.45, 2.75) is 33.2 Å². The number of hydrogen-bond donors (Lipinski definition) is 1. The van der Waals surface area contributed by atoms with Crippen LogP contribution in [0.25, 0.3) is 0 Å². The predicted octanol–water partition coefficient (Wildman–Crippen LogP) is 3.47. The first-order chi connectivity index (χ1) is 7.16. The summed E-state index contributed by atoms with van der Waals surface area (Å²) in [6.07, 6.45) is 1.08. The Morgan fingerprint density at radius 2 is 1.67 bits per heavy atom. The Morgan fingerprint density at radius 1 is 1.27 bits per heavy atom. The largest absolute Gasteiger partial charge is 0.328 e. The average molecular weight is 225 g/mol. The maximum Gasteiger partial charge on any atom is 0.00238 e. The minimum atomic E-state index is 0.384. The molecule has 0 saturated carbocycles. The molecule has 1 heterocycles. The summed E-state index contributed by atoms with van der Waals surface area (Å²) in [5, 5.41) is 0. The molecule has 0 aliphatic carbocycles. The predicted molar refractivity (Wildman–Crippen MR) is 72.4 cm³/mol. The molecule has 2 rings (SSSR count). The van der Waals surface area contributed by atoms with E-state index in [1.165, 1.54) is 17.1 Å². The first-order valence-electron chi connectivity index (χ1n) is 5.51. The molecule has 1 aliphatic rings. The van der Waals surface area contributed by atoms with E-state index in [1.54, 1.807) is 0 Å². The van der Waals surface area contributed by atoms with Gasteiger partial charge in [0.2, 0.25) is 0 Å². The molecule has 1 nitrogen and oxygen atoms in total. The van der Waals surface area contributed by atoms with Crippen LogP contribution in [0, 0.1) is 6.92 Å². The van der Waals surface area contributed by atoms with E-state index in [9.17, 15) is 0 Å². The topological polar surface area (TPSA) is 26.0 Å². The van der Waals surface area contributed by atoms with Crippen molar-refractivity contribution in [3.8, 4) is 0 Å². The van der Waals surface area contributed by atoms with Crippen LogP contribution in [0.4, 0.5) is 0 Å². The molecule has 1 saturated heterocycles. The van der Waals surface area contributed by atoms with Crippen LogP contribution in [0.5, 0.6) is 0 Å². The molecule has 1 atom stereocenters. The van der Waals surface area contributed by atoms with Gasteiger partial charge in [0.15, 0.2) is 0 Å². The molecule has 0 aromatic heterocycles. The number of nitrogens with two attached hydrogens (primary N) is 1. The zero-order valence-electron chi connectivity index (χ0n) is 10.1. The van der Waals surface area contributed by atoms with E-state index in [1.807, 2.05) is 36.9 Å². The highest BCUT2D eigenvalue weighted by Crippen LogP contribution is 2.14. The molecule has 15 heavy (non-hydrogen) atoms. The summed E-state index contributed by atoms with van der Waals surface area (Å²) in [6, 6.07) is 10.6. The van der Waals surface area contributed by atoms with Crippen LogP contribution in [0.1, 0.15) is 25.8 Å². The van der Waals surface area contributed by atoms with Gasteiger partial charge in [0.1, 0.15) is 0 Å². The van der Waals surface area contributed by atoms with E-state index >= 15 is 0 Å². The second kappa shape index (κ2) is 10.1. The molecule has 1 unspecified atom stereocenters. The first-order valence-corrected chi connectivity index (χ1v) is 6.67. The maximum atomic E-state index is 5.29. The van der Waals surface area contributed by atoms with Crippen molar-refractivity contribution in [3.05, 3.63) is 35.9 Å². The third-order valence-corrected chi connectivity index (χ3v) is 2.20. The second-order valence-corrected chi connectivity index (χ2v) is 4.88. The minimum absolute atomic E-state index is 0.384. The summed E-state index contributed by atoms with van der Waals surface area (Å²) < 4.78 is 0. The lowest BCUT2D eigenvalue weighted by Gasteiger charge is -1.91. The highest BCUT2D eigenvalue weighted by molar-refractivity contribution is 8.06. The molecular weight excluding hydrogens is 202 g/mol. The van der Waals surface area contributed by atoms with E-state index < -0.39 is 0 Å². The fraction of sp³-hybridized carbons (Fsp3) is 0.538. The summed E-state index contributed by atoms with van der Waals surface area (Å²) in [5.41, 5.74) is 6.61. The molecule has 2 N–H and O–H groups in total. The summed E-state index contributed by atoms with van der Waals surface area (Å²) in [6.45, 7) is 6.16. The highest BCUT2D eigenvalue weighted by Gasteiger charge is 1.95. The van der Waals surface area contributed by atoms with Gasteiger partial charge in [0.25, 0.3) is 0 Å². The molecule has 1 aromatic rings. The van der Waals surface area contributed by atoms with Gasteiger partial charge in [-0.3, -0.25) is 0 Å². The smallest absolute Gasteiger partial charge is 0.00238 e. The fourth-order valence-corrected chi connectivity index (χ4v) is 0.534. The molecule has 86 valence electrons. The van der Waals surface area contributed by atoms with E-state index in [2.05, 4.69) is 26.0 Å². The van der Waals surface area contributed by atoms with Crippen molar-refractivity contribution in [3.63, 3.8) is 0 Å². The molecule has 1 aliphatic heterocycles. The third-order valence-electron chi connectivity index (χ3n) is 1.79.